The summed E-state index contributed by atoms with van der Waals surface area (Å²) in [5.74, 6) is 1.86. The molecule has 156 valence electrons. The van der Waals surface area contributed by atoms with Gasteiger partial charge >= 0.3 is 6.03 Å². The van der Waals surface area contributed by atoms with E-state index >= 15 is 0 Å². The Bertz CT molecular complexity index is 1120. The summed E-state index contributed by atoms with van der Waals surface area (Å²) in [5.41, 5.74) is 2.91. The van der Waals surface area contributed by atoms with Gasteiger partial charge in [0, 0.05) is 49.2 Å². The molecule has 0 atom stereocenters. The molecule has 3 aromatic rings. The van der Waals surface area contributed by atoms with Gasteiger partial charge in [-0.3, -0.25) is 4.90 Å². The quantitative estimate of drug-likeness (QED) is 0.665. The molecule has 2 N–H and O–H groups in total. The number of piperazine rings is 1. The lowest BCUT2D eigenvalue weighted by Gasteiger charge is -2.41. The van der Waals surface area contributed by atoms with Crippen LogP contribution < -0.4 is 20.4 Å². The largest absolute Gasteiger partial charge is 0.368 e. The molecule has 5 heterocycles. The number of rotatable bonds is 2. The Labute approximate surface area is 174 Å². The van der Waals surface area contributed by atoms with E-state index in [1.54, 1.807) is 34.9 Å². The van der Waals surface area contributed by atoms with Crippen LogP contribution in [0, 0.1) is 6.92 Å². The van der Waals surface area contributed by atoms with Crippen LogP contribution in [-0.2, 0) is 6.42 Å². The number of urea groups is 1. The predicted molar refractivity (Wildman–Crippen MR) is 114 cm³/mol. The lowest BCUT2D eigenvalue weighted by atomic mass is 10.0. The average Bonchev–Trinajstić information content (AvgIpc) is 3.29. The van der Waals surface area contributed by atoms with Gasteiger partial charge in [-0.2, -0.15) is 10.1 Å². The van der Waals surface area contributed by atoms with Crippen LogP contribution in [0.25, 0.3) is 5.78 Å². The maximum Gasteiger partial charge on any atom is 0.327 e. The van der Waals surface area contributed by atoms with Gasteiger partial charge in [-0.15, -0.1) is 0 Å². The van der Waals surface area contributed by atoms with Crippen molar-refractivity contribution in [2.45, 2.75) is 32.7 Å². The van der Waals surface area contributed by atoms with E-state index in [-0.39, 0.29) is 11.6 Å². The number of pyridine rings is 1. The van der Waals surface area contributed by atoms with Crippen molar-refractivity contribution in [1.29, 1.82) is 0 Å². The number of nitrogens with one attached hydrogen (secondary N) is 2. The molecule has 5 rings (SSSR count). The van der Waals surface area contributed by atoms with E-state index in [0.29, 0.717) is 23.8 Å². The highest BCUT2D eigenvalue weighted by atomic mass is 16.2. The first-order valence-electron chi connectivity index (χ1n) is 10.1. The first kappa shape index (κ1) is 18.7. The first-order valence-corrected chi connectivity index (χ1v) is 10.1. The lowest BCUT2D eigenvalue weighted by molar-refractivity contribution is 0.257. The van der Waals surface area contributed by atoms with Crippen molar-refractivity contribution in [2.24, 2.45) is 0 Å². The number of fused-ring (bicyclic) bond motifs is 2. The smallest absolute Gasteiger partial charge is 0.327 e. The molecule has 0 unspecified atom stereocenters. The summed E-state index contributed by atoms with van der Waals surface area (Å²) >= 11 is 0. The molecule has 0 aliphatic carbocycles. The Morgan fingerprint density at radius 1 is 1.27 bits per heavy atom. The summed E-state index contributed by atoms with van der Waals surface area (Å²) in [4.78, 5) is 30.1. The minimum atomic E-state index is -0.225. The first-order chi connectivity index (χ1) is 14.4. The number of hydrogen-bond donors (Lipinski definition) is 2. The Morgan fingerprint density at radius 2 is 2.13 bits per heavy atom. The van der Waals surface area contributed by atoms with Gasteiger partial charge in [0.1, 0.15) is 11.6 Å². The highest BCUT2D eigenvalue weighted by Crippen LogP contribution is 2.35. The zero-order valence-corrected chi connectivity index (χ0v) is 17.4. The fourth-order valence-electron chi connectivity index (χ4n) is 4.26. The normalized spacial score (nSPS) is 18.0. The van der Waals surface area contributed by atoms with E-state index in [0.717, 1.165) is 37.4 Å². The average molecular weight is 407 g/mol. The van der Waals surface area contributed by atoms with Gasteiger partial charge in [-0.05, 0) is 33.3 Å². The van der Waals surface area contributed by atoms with E-state index in [4.69, 9.17) is 0 Å². The maximum atomic E-state index is 13.0. The standard InChI is InChI=1S/C20H25N9O/c1-13-24-18-22-10-14(11-29(18)26-13)25-19(30)28-8-5-15-16(4-6-21-17(15)28)27-9-7-23-20(2,3)12-27/h4,6,10-11,23H,5,7-9,12H2,1-3H3,(H,25,30). The molecule has 1 saturated heterocycles. The van der Waals surface area contributed by atoms with Gasteiger partial charge in [-0.25, -0.2) is 19.3 Å². The van der Waals surface area contributed by atoms with Gasteiger partial charge in [0.2, 0.25) is 0 Å². The van der Waals surface area contributed by atoms with Gasteiger partial charge < -0.3 is 15.5 Å². The Balaban J connectivity index is 1.38. The van der Waals surface area contributed by atoms with Crippen molar-refractivity contribution in [3.05, 3.63) is 36.0 Å². The summed E-state index contributed by atoms with van der Waals surface area (Å²) in [7, 11) is 0. The number of aryl methyl sites for hydroxylation is 1. The van der Waals surface area contributed by atoms with Crippen LogP contribution >= 0.6 is 0 Å². The van der Waals surface area contributed by atoms with Crippen LogP contribution in [0.1, 0.15) is 25.2 Å². The summed E-state index contributed by atoms with van der Waals surface area (Å²) < 4.78 is 1.56. The van der Waals surface area contributed by atoms with Crippen LogP contribution in [0.3, 0.4) is 0 Å². The molecular formula is C20H25N9O. The van der Waals surface area contributed by atoms with Crippen LogP contribution in [0.2, 0.25) is 0 Å². The molecule has 10 heteroatoms. The molecule has 0 aromatic carbocycles. The second kappa shape index (κ2) is 6.91. The zero-order chi connectivity index (χ0) is 20.9. The molecule has 0 bridgehead atoms. The molecule has 0 spiro atoms. The third kappa shape index (κ3) is 3.32. The molecule has 2 aliphatic heterocycles. The monoisotopic (exact) mass is 407 g/mol. The summed E-state index contributed by atoms with van der Waals surface area (Å²) in [6.07, 6.45) is 5.88. The van der Waals surface area contributed by atoms with Crippen molar-refractivity contribution in [1.82, 2.24) is 29.9 Å². The number of nitrogens with zero attached hydrogens (tertiary/aromatic N) is 7. The number of aromatic nitrogens is 5. The van der Waals surface area contributed by atoms with Crippen LogP contribution in [0.15, 0.2) is 24.7 Å². The second-order valence-corrected chi connectivity index (χ2v) is 8.44. The predicted octanol–water partition coefficient (Wildman–Crippen LogP) is 1.61. The minimum Gasteiger partial charge on any atom is -0.368 e. The van der Waals surface area contributed by atoms with E-state index in [2.05, 4.69) is 55.5 Å². The van der Waals surface area contributed by atoms with E-state index in [1.807, 2.05) is 0 Å². The number of carbonyl (C=O) groups excluding carboxylic acids is 1. The third-order valence-corrected chi connectivity index (χ3v) is 5.56. The second-order valence-electron chi connectivity index (χ2n) is 8.44. The SMILES string of the molecule is Cc1nc2ncc(NC(=O)N3CCc4c(N5CCNC(C)(C)C5)ccnc43)cn2n1. The zero-order valence-electron chi connectivity index (χ0n) is 17.4. The topological polar surface area (TPSA) is 104 Å². The van der Waals surface area contributed by atoms with Crippen molar-refractivity contribution in [2.75, 3.05) is 41.3 Å². The Hall–Kier alpha value is -3.27. The van der Waals surface area contributed by atoms with Crippen LogP contribution in [0.5, 0.6) is 0 Å². The molecule has 30 heavy (non-hydrogen) atoms. The lowest BCUT2D eigenvalue weighted by Crippen LogP contribution is -2.57. The number of hydrogen-bond acceptors (Lipinski definition) is 7. The summed E-state index contributed by atoms with van der Waals surface area (Å²) in [6.45, 7) is 9.61. The number of anilines is 3. The van der Waals surface area contributed by atoms with Gasteiger partial charge in [-0.1, -0.05) is 0 Å². The van der Waals surface area contributed by atoms with Crippen molar-refractivity contribution >= 4 is 29.0 Å². The molecular weight excluding hydrogens is 382 g/mol. The highest BCUT2D eigenvalue weighted by Gasteiger charge is 2.32. The summed E-state index contributed by atoms with van der Waals surface area (Å²) in [5, 5.41) is 10.7. The molecule has 1 fully saturated rings. The van der Waals surface area contributed by atoms with Crippen LogP contribution in [0.4, 0.5) is 22.0 Å². The molecule has 2 aliphatic rings. The third-order valence-electron chi connectivity index (χ3n) is 5.56. The maximum absolute atomic E-state index is 13.0. The Morgan fingerprint density at radius 3 is 2.97 bits per heavy atom. The Kier molecular flexibility index (Phi) is 4.31. The molecule has 10 nitrogen and oxygen atoms in total. The van der Waals surface area contributed by atoms with Crippen LogP contribution in [-0.4, -0.2) is 62.3 Å². The molecule has 0 radical (unpaired) electrons. The number of amides is 2. The van der Waals surface area contributed by atoms with Gasteiger partial charge in [0.05, 0.1) is 18.1 Å². The molecule has 2 amide bonds. The van der Waals surface area contributed by atoms with E-state index in [9.17, 15) is 4.79 Å². The fourth-order valence-corrected chi connectivity index (χ4v) is 4.26. The van der Waals surface area contributed by atoms with Crippen molar-refractivity contribution in [3.63, 3.8) is 0 Å². The van der Waals surface area contributed by atoms with E-state index < -0.39 is 0 Å². The van der Waals surface area contributed by atoms with Gasteiger partial charge in [0.15, 0.2) is 0 Å². The molecule has 0 saturated carbocycles. The highest BCUT2D eigenvalue weighted by molar-refractivity contribution is 6.02. The van der Waals surface area contributed by atoms with Crippen molar-refractivity contribution in [3.8, 4) is 0 Å². The van der Waals surface area contributed by atoms with Crippen molar-refractivity contribution < 1.29 is 4.79 Å². The van der Waals surface area contributed by atoms with Gasteiger partial charge in [0.25, 0.3) is 5.78 Å². The molecule has 3 aromatic heterocycles. The minimum absolute atomic E-state index is 0.0510. The van der Waals surface area contributed by atoms with E-state index in [1.165, 1.54) is 5.69 Å². The summed E-state index contributed by atoms with van der Waals surface area (Å²) in [6, 6.07) is 1.84. The number of carbonyl (C=O) groups is 1. The fraction of sp³-hybridized carbons (Fsp3) is 0.450.